The molecule has 7 heteroatoms. The second-order valence-electron chi connectivity index (χ2n) is 6.33. The molecule has 0 unspecified atom stereocenters. The number of carbonyl (C=O) groups excluding carboxylic acids is 1. The lowest BCUT2D eigenvalue weighted by atomic mass is 9.95. The normalized spacial score (nSPS) is 17.0. The van der Waals surface area contributed by atoms with Gasteiger partial charge in [-0.25, -0.2) is 8.42 Å². The predicted molar refractivity (Wildman–Crippen MR) is 97.1 cm³/mol. The van der Waals surface area contributed by atoms with E-state index in [0.717, 1.165) is 17.7 Å². The molecule has 0 bridgehead atoms. The summed E-state index contributed by atoms with van der Waals surface area (Å²) in [6.07, 6.45) is 1.75. The number of rotatable bonds is 8. The zero-order valence-corrected chi connectivity index (χ0v) is 15.4. The monoisotopic (exact) mass is 379 g/mol. The third kappa shape index (κ3) is 4.29. The van der Waals surface area contributed by atoms with Crippen LogP contribution in [0.15, 0.2) is 52.7 Å². The Morgan fingerprint density at radius 3 is 2.52 bits per heavy atom. The lowest BCUT2D eigenvalue weighted by Crippen LogP contribution is -2.42. The van der Waals surface area contributed by atoms with E-state index in [1.807, 2.05) is 17.5 Å². The number of benzene rings is 1. The predicted octanol–water partition coefficient (Wildman–Crippen LogP) is 2.33. The first-order chi connectivity index (χ1) is 11.9. The van der Waals surface area contributed by atoms with Crippen LogP contribution in [0.5, 0.6) is 0 Å². The Labute approximate surface area is 151 Å². The fourth-order valence-electron chi connectivity index (χ4n) is 2.81. The summed E-state index contributed by atoms with van der Waals surface area (Å²) in [7, 11) is -3.48. The molecular formula is C18H21NO4S2. The molecule has 1 fully saturated rings. The maximum atomic E-state index is 12.2. The average molecular weight is 380 g/mol. The molecular weight excluding hydrogens is 358 g/mol. The van der Waals surface area contributed by atoms with E-state index in [1.165, 1.54) is 23.5 Å². The first-order valence-corrected chi connectivity index (χ1v) is 10.8. The number of sulfone groups is 1. The van der Waals surface area contributed by atoms with Crippen molar-refractivity contribution in [3.8, 4) is 0 Å². The number of hydrogen-bond acceptors (Lipinski definition) is 5. The van der Waals surface area contributed by atoms with Crippen LogP contribution in [0, 0.1) is 5.92 Å². The Hall–Kier alpha value is -1.70. The third-order valence-corrected chi connectivity index (χ3v) is 7.22. The molecule has 1 atom stereocenters. The van der Waals surface area contributed by atoms with Crippen LogP contribution in [0.25, 0.3) is 0 Å². The van der Waals surface area contributed by atoms with Crippen LogP contribution in [0.4, 0.5) is 0 Å². The number of aliphatic hydroxyl groups is 1. The van der Waals surface area contributed by atoms with E-state index < -0.39 is 15.4 Å². The largest absolute Gasteiger partial charge is 0.382 e. The summed E-state index contributed by atoms with van der Waals surface area (Å²) in [5.41, 5.74) is -1.05. The van der Waals surface area contributed by atoms with Crippen molar-refractivity contribution in [1.29, 1.82) is 0 Å². The van der Waals surface area contributed by atoms with Crippen molar-refractivity contribution >= 4 is 27.1 Å². The minimum absolute atomic E-state index is 0.113. The molecule has 1 heterocycles. The van der Waals surface area contributed by atoms with E-state index in [1.54, 1.807) is 18.2 Å². The highest BCUT2D eigenvalue weighted by molar-refractivity contribution is 7.91. The highest BCUT2D eigenvalue weighted by Crippen LogP contribution is 2.46. The topological polar surface area (TPSA) is 83.5 Å². The summed E-state index contributed by atoms with van der Waals surface area (Å²) in [6, 6.07) is 11.9. The van der Waals surface area contributed by atoms with Crippen LogP contribution < -0.4 is 5.32 Å². The first-order valence-electron chi connectivity index (χ1n) is 8.23. The smallest absolute Gasteiger partial charge is 0.221 e. The fraction of sp³-hybridized carbons (Fsp3) is 0.389. The van der Waals surface area contributed by atoms with Crippen LogP contribution in [-0.2, 0) is 20.2 Å². The maximum Gasteiger partial charge on any atom is 0.221 e. The van der Waals surface area contributed by atoms with Gasteiger partial charge in [0.25, 0.3) is 0 Å². The van der Waals surface area contributed by atoms with Crippen molar-refractivity contribution < 1.29 is 18.3 Å². The highest BCUT2D eigenvalue weighted by atomic mass is 32.2. The number of amides is 1. The van der Waals surface area contributed by atoms with Crippen LogP contribution in [0.2, 0.25) is 0 Å². The number of carbonyl (C=O) groups is 1. The van der Waals surface area contributed by atoms with Crippen molar-refractivity contribution in [2.75, 3.05) is 12.3 Å². The molecule has 1 aromatic heterocycles. The molecule has 25 heavy (non-hydrogen) atoms. The van der Waals surface area contributed by atoms with Gasteiger partial charge in [-0.2, -0.15) is 0 Å². The molecule has 1 aromatic carbocycles. The Balaban J connectivity index is 1.56. The fourth-order valence-corrected chi connectivity index (χ4v) is 4.98. The zero-order chi connectivity index (χ0) is 17.9. The summed E-state index contributed by atoms with van der Waals surface area (Å²) >= 11 is 1.47. The molecule has 2 aromatic rings. The quantitative estimate of drug-likeness (QED) is 0.737. The molecule has 0 saturated heterocycles. The average Bonchev–Trinajstić information content (AvgIpc) is 3.33. The minimum atomic E-state index is -3.48. The van der Waals surface area contributed by atoms with Crippen molar-refractivity contribution in [2.24, 2.45) is 5.92 Å². The van der Waals surface area contributed by atoms with Crippen molar-refractivity contribution in [3.63, 3.8) is 0 Å². The highest BCUT2D eigenvalue weighted by Gasteiger charge is 2.45. The van der Waals surface area contributed by atoms with Crippen LogP contribution in [0.3, 0.4) is 0 Å². The lowest BCUT2D eigenvalue weighted by Gasteiger charge is -2.27. The van der Waals surface area contributed by atoms with Gasteiger partial charge in [-0.1, -0.05) is 24.3 Å². The summed E-state index contributed by atoms with van der Waals surface area (Å²) in [6.45, 7) is 0.113. The molecule has 3 rings (SSSR count). The van der Waals surface area contributed by atoms with Gasteiger partial charge in [0.1, 0.15) is 5.60 Å². The van der Waals surface area contributed by atoms with Crippen LogP contribution in [0.1, 0.15) is 24.1 Å². The van der Waals surface area contributed by atoms with Crippen molar-refractivity contribution in [2.45, 2.75) is 29.8 Å². The number of nitrogens with one attached hydrogen (secondary N) is 1. The van der Waals surface area contributed by atoms with Gasteiger partial charge in [-0.05, 0) is 42.3 Å². The molecule has 0 spiro atoms. The van der Waals surface area contributed by atoms with Gasteiger partial charge in [0.15, 0.2) is 9.84 Å². The van der Waals surface area contributed by atoms with E-state index in [0.29, 0.717) is 0 Å². The number of hydrogen-bond donors (Lipinski definition) is 2. The van der Waals surface area contributed by atoms with Gasteiger partial charge in [0, 0.05) is 11.3 Å². The van der Waals surface area contributed by atoms with Crippen molar-refractivity contribution in [1.82, 2.24) is 5.32 Å². The summed E-state index contributed by atoms with van der Waals surface area (Å²) in [5.74, 6) is -0.460. The van der Waals surface area contributed by atoms with E-state index in [2.05, 4.69) is 5.32 Å². The van der Waals surface area contributed by atoms with Gasteiger partial charge >= 0.3 is 0 Å². The van der Waals surface area contributed by atoms with Gasteiger partial charge in [-0.15, -0.1) is 11.3 Å². The van der Waals surface area contributed by atoms with Gasteiger partial charge < -0.3 is 10.4 Å². The summed E-state index contributed by atoms with van der Waals surface area (Å²) in [4.78, 5) is 13.2. The molecule has 1 aliphatic carbocycles. The second kappa shape index (κ2) is 7.27. The molecule has 134 valence electrons. The third-order valence-electron chi connectivity index (χ3n) is 4.46. The second-order valence-corrected chi connectivity index (χ2v) is 9.39. The Kier molecular flexibility index (Phi) is 5.27. The molecule has 1 saturated carbocycles. The van der Waals surface area contributed by atoms with E-state index in [-0.39, 0.29) is 35.4 Å². The van der Waals surface area contributed by atoms with Crippen LogP contribution >= 0.6 is 11.3 Å². The van der Waals surface area contributed by atoms with E-state index >= 15 is 0 Å². The van der Waals surface area contributed by atoms with E-state index in [9.17, 15) is 18.3 Å². The maximum absolute atomic E-state index is 12.2. The van der Waals surface area contributed by atoms with Gasteiger partial charge in [0.2, 0.25) is 5.91 Å². The first kappa shape index (κ1) is 18.1. The molecule has 0 radical (unpaired) electrons. The van der Waals surface area contributed by atoms with Gasteiger partial charge in [0.05, 0.1) is 17.2 Å². The minimum Gasteiger partial charge on any atom is -0.382 e. The number of thiophene rings is 1. The molecule has 2 N–H and O–H groups in total. The Morgan fingerprint density at radius 2 is 1.92 bits per heavy atom. The molecule has 5 nitrogen and oxygen atoms in total. The molecule has 0 aliphatic heterocycles. The van der Waals surface area contributed by atoms with Gasteiger partial charge in [-0.3, -0.25) is 4.79 Å². The van der Waals surface area contributed by atoms with E-state index in [4.69, 9.17) is 0 Å². The van der Waals surface area contributed by atoms with Crippen LogP contribution in [-0.4, -0.2) is 31.7 Å². The summed E-state index contributed by atoms with van der Waals surface area (Å²) < 4.78 is 24.4. The Morgan fingerprint density at radius 1 is 1.20 bits per heavy atom. The zero-order valence-electron chi connectivity index (χ0n) is 13.7. The standard InChI is InChI=1S/C18H21NO4S2/c20-17(10-12-25(22,23)15-5-2-1-3-6-15)19-13-18(21,14-8-9-14)16-7-4-11-24-16/h1-7,11,14,21H,8-10,12-13H2,(H,19,20)/t18-/m1/s1. The lowest BCUT2D eigenvalue weighted by molar-refractivity contribution is -0.122. The molecule has 1 aliphatic rings. The summed E-state index contributed by atoms with van der Waals surface area (Å²) in [5, 5.41) is 15.6. The SMILES string of the molecule is O=C(CCS(=O)(=O)c1ccccc1)NC[C@](O)(c1cccs1)C1CC1. The molecule has 1 amide bonds. The van der Waals surface area contributed by atoms with Crippen molar-refractivity contribution in [3.05, 3.63) is 52.7 Å². The Bertz CT molecular complexity index is 814.